The maximum atomic E-state index is 12.3. The number of carbonyl (C=O) groups excluding carboxylic acids is 1. The standard InChI is InChI=1S/C22H23BrN4O2S/c1-4-13-27-21(16(3)29-19-11-5-15(2)6-12-19)25-26-22(27)30-14-20(28)24-18-9-7-17(23)8-10-18/h4-12,16H,1,13-14H2,2-3H3,(H,24,28). The molecule has 8 heteroatoms. The molecule has 156 valence electrons. The third kappa shape index (κ3) is 5.96. The van der Waals surface area contributed by atoms with Gasteiger partial charge in [0.05, 0.1) is 5.75 Å². The van der Waals surface area contributed by atoms with E-state index in [2.05, 4.69) is 38.0 Å². The third-order valence-corrected chi connectivity index (χ3v) is 5.71. The molecule has 6 nitrogen and oxygen atoms in total. The highest BCUT2D eigenvalue weighted by Gasteiger charge is 2.19. The zero-order valence-electron chi connectivity index (χ0n) is 16.8. The fourth-order valence-corrected chi connectivity index (χ4v) is 3.76. The number of halogens is 1. The minimum atomic E-state index is -0.300. The monoisotopic (exact) mass is 486 g/mol. The topological polar surface area (TPSA) is 69.0 Å². The van der Waals surface area contributed by atoms with E-state index in [0.29, 0.717) is 17.5 Å². The van der Waals surface area contributed by atoms with Crippen molar-refractivity contribution in [2.45, 2.75) is 31.7 Å². The molecule has 3 rings (SSSR count). The number of aryl methyl sites for hydroxylation is 1. The summed E-state index contributed by atoms with van der Waals surface area (Å²) in [5.41, 5.74) is 1.92. The van der Waals surface area contributed by atoms with E-state index in [0.717, 1.165) is 15.9 Å². The van der Waals surface area contributed by atoms with Crippen molar-refractivity contribution in [3.63, 3.8) is 0 Å². The van der Waals surface area contributed by atoms with Gasteiger partial charge in [-0.3, -0.25) is 9.36 Å². The van der Waals surface area contributed by atoms with Crippen LogP contribution in [-0.2, 0) is 11.3 Å². The molecule has 1 heterocycles. The number of allylic oxidation sites excluding steroid dienone is 1. The Balaban J connectivity index is 1.65. The minimum absolute atomic E-state index is 0.110. The lowest BCUT2D eigenvalue weighted by molar-refractivity contribution is -0.113. The maximum Gasteiger partial charge on any atom is 0.234 e. The first kappa shape index (κ1) is 22.1. The number of nitrogens with one attached hydrogen (secondary N) is 1. The lowest BCUT2D eigenvalue weighted by atomic mass is 10.2. The van der Waals surface area contributed by atoms with Crippen LogP contribution in [0.3, 0.4) is 0 Å². The van der Waals surface area contributed by atoms with Crippen LogP contribution in [0.2, 0.25) is 0 Å². The van der Waals surface area contributed by atoms with Gasteiger partial charge >= 0.3 is 0 Å². The summed E-state index contributed by atoms with van der Waals surface area (Å²) in [6, 6.07) is 15.3. The molecule has 1 N–H and O–H groups in total. The summed E-state index contributed by atoms with van der Waals surface area (Å²) in [7, 11) is 0. The minimum Gasteiger partial charge on any atom is -0.483 e. The van der Waals surface area contributed by atoms with E-state index in [4.69, 9.17) is 4.74 Å². The van der Waals surface area contributed by atoms with Gasteiger partial charge in [-0.2, -0.15) is 0 Å². The maximum absolute atomic E-state index is 12.3. The molecular formula is C22H23BrN4O2S. The predicted molar refractivity (Wildman–Crippen MR) is 124 cm³/mol. The van der Waals surface area contributed by atoms with Crippen molar-refractivity contribution in [1.29, 1.82) is 0 Å². The fraction of sp³-hybridized carbons (Fsp3) is 0.227. The second-order valence-electron chi connectivity index (χ2n) is 6.66. The molecule has 1 aromatic heterocycles. The Labute approximate surface area is 188 Å². The molecule has 3 aromatic rings. The van der Waals surface area contributed by atoms with Gasteiger partial charge in [-0.15, -0.1) is 16.8 Å². The van der Waals surface area contributed by atoms with Crippen LogP contribution in [0.15, 0.2) is 70.8 Å². The van der Waals surface area contributed by atoms with Crippen LogP contribution in [-0.4, -0.2) is 26.4 Å². The number of carbonyl (C=O) groups is 1. The van der Waals surface area contributed by atoms with Gasteiger partial charge in [0.15, 0.2) is 17.1 Å². The normalized spacial score (nSPS) is 11.7. The van der Waals surface area contributed by atoms with Gasteiger partial charge in [0.2, 0.25) is 5.91 Å². The first-order chi connectivity index (χ1) is 14.5. The summed E-state index contributed by atoms with van der Waals surface area (Å²) in [5, 5.41) is 12.1. The number of anilines is 1. The van der Waals surface area contributed by atoms with Gasteiger partial charge in [-0.25, -0.2) is 0 Å². The van der Waals surface area contributed by atoms with Gasteiger partial charge in [-0.05, 0) is 50.2 Å². The summed E-state index contributed by atoms with van der Waals surface area (Å²) in [4.78, 5) is 12.3. The average molecular weight is 487 g/mol. The summed E-state index contributed by atoms with van der Waals surface area (Å²) in [5.74, 6) is 1.56. The Morgan fingerprint density at radius 2 is 1.93 bits per heavy atom. The number of hydrogen-bond acceptors (Lipinski definition) is 5. The summed E-state index contributed by atoms with van der Waals surface area (Å²) < 4.78 is 8.90. The van der Waals surface area contributed by atoms with Crippen molar-refractivity contribution >= 4 is 39.3 Å². The Morgan fingerprint density at radius 1 is 1.23 bits per heavy atom. The van der Waals surface area contributed by atoms with Gasteiger partial charge in [0.25, 0.3) is 0 Å². The third-order valence-electron chi connectivity index (χ3n) is 4.21. The van der Waals surface area contributed by atoms with E-state index in [9.17, 15) is 4.79 Å². The molecule has 0 radical (unpaired) electrons. The quantitative estimate of drug-likeness (QED) is 0.323. The number of ether oxygens (including phenoxy) is 1. The summed E-state index contributed by atoms with van der Waals surface area (Å²) in [6.45, 7) is 8.31. The highest BCUT2D eigenvalue weighted by Crippen LogP contribution is 2.25. The van der Waals surface area contributed by atoms with E-state index in [1.54, 1.807) is 6.08 Å². The Bertz CT molecular complexity index is 1000. The van der Waals surface area contributed by atoms with Gasteiger partial charge in [-0.1, -0.05) is 51.5 Å². The molecule has 2 aromatic carbocycles. The predicted octanol–water partition coefficient (Wildman–Crippen LogP) is 5.41. The Hall–Kier alpha value is -2.58. The number of rotatable bonds is 9. The molecule has 0 fully saturated rings. The van der Waals surface area contributed by atoms with Crippen LogP contribution in [0.5, 0.6) is 5.75 Å². The van der Waals surface area contributed by atoms with E-state index in [-0.39, 0.29) is 17.8 Å². The first-order valence-corrected chi connectivity index (χ1v) is 11.2. The van der Waals surface area contributed by atoms with Crippen molar-refractivity contribution < 1.29 is 9.53 Å². The average Bonchev–Trinajstić information content (AvgIpc) is 3.13. The largest absolute Gasteiger partial charge is 0.483 e. The number of hydrogen-bond donors (Lipinski definition) is 1. The van der Waals surface area contributed by atoms with Crippen molar-refractivity contribution in [3.8, 4) is 5.75 Å². The van der Waals surface area contributed by atoms with Crippen LogP contribution in [0.25, 0.3) is 0 Å². The van der Waals surface area contributed by atoms with Crippen LogP contribution in [0.1, 0.15) is 24.4 Å². The van der Waals surface area contributed by atoms with Gasteiger partial charge in [0.1, 0.15) is 5.75 Å². The van der Waals surface area contributed by atoms with Gasteiger partial charge in [0, 0.05) is 16.7 Å². The molecule has 0 bridgehead atoms. The number of thioether (sulfide) groups is 1. The molecule has 0 aliphatic rings. The highest BCUT2D eigenvalue weighted by atomic mass is 79.9. The van der Waals surface area contributed by atoms with E-state index in [1.807, 2.05) is 66.9 Å². The molecule has 0 saturated heterocycles. The van der Waals surface area contributed by atoms with E-state index in [1.165, 1.54) is 17.3 Å². The van der Waals surface area contributed by atoms with Crippen LogP contribution >= 0.6 is 27.7 Å². The lowest BCUT2D eigenvalue weighted by Gasteiger charge is -2.16. The zero-order chi connectivity index (χ0) is 21.5. The van der Waals surface area contributed by atoms with Crippen LogP contribution in [0.4, 0.5) is 5.69 Å². The number of nitrogens with zero attached hydrogens (tertiary/aromatic N) is 3. The molecule has 0 aliphatic heterocycles. The van der Waals surface area contributed by atoms with Crippen LogP contribution < -0.4 is 10.1 Å². The van der Waals surface area contributed by atoms with Crippen molar-refractivity contribution in [2.75, 3.05) is 11.1 Å². The Morgan fingerprint density at radius 3 is 2.60 bits per heavy atom. The van der Waals surface area contributed by atoms with Crippen molar-refractivity contribution in [1.82, 2.24) is 14.8 Å². The number of benzene rings is 2. The van der Waals surface area contributed by atoms with Crippen molar-refractivity contribution in [3.05, 3.63) is 77.0 Å². The van der Waals surface area contributed by atoms with E-state index >= 15 is 0 Å². The molecular weight excluding hydrogens is 464 g/mol. The molecule has 1 atom stereocenters. The van der Waals surface area contributed by atoms with Crippen molar-refractivity contribution in [2.24, 2.45) is 0 Å². The second-order valence-corrected chi connectivity index (χ2v) is 8.52. The second kappa shape index (κ2) is 10.4. The summed E-state index contributed by atoms with van der Waals surface area (Å²) >= 11 is 4.71. The molecule has 1 amide bonds. The molecule has 0 spiro atoms. The molecule has 1 unspecified atom stereocenters. The number of amides is 1. The SMILES string of the molecule is C=CCn1c(SCC(=O)Nc2ccc(Br)cc2)nnc1C(C)Oc1ccc(C)cc1. The van der Waals surface area contributed by atoms with Crippen LogP contribution in [0, 0.1) is 6.92 Å². The van der Waals surface area contributed by atoms with Gasteiger partial charge < -0.3 is 10.1 Å². The number of aromatic nitrogens is 3. The zero-order valence-corrected chi connectivity index (χ0v) is 19.2. The molecule has 30 heavy (non-hydrogen) atoms. The summed E-state index contributed by atoms with van der Waals surface area (Å²) in [6.07, 6.45) is 1.48. The molecule has 0 aliphatic carbocycles. The Kier molecular flexibility index (Phi) is 7.70. The first-order valence-electron chi connectivity index (χ1n) is 9.42. The lowest BCUT2D eigenvalue weighted by Crippen LogP contribution is -2.15. The van der Waals surface area contributed by atoms with E-state index < -0.39 is 0 Å². The highest BCUT2D eigenvalue weighted by molar-refractivity contribution is 9.10. The fourth-order valence-electron chi connectivity index (χ4n) is 2.74. The smallest absolute Gasteiger partial charge is 0.234 e. The molecule has 0 saturated carbocycles.